The fraction of sp³-hybridized carbons (Fsp3) is 0.417. The Morgan fingerprint density at radius 2 is 2.31 bits per heavy atom. The van der Waals surface area contributed by atoms with Gasteiger partial charge in [-0.15, -0.1) is 0 Å². The monoisotopic (exact) mass is 222 g/mol. The minimum Gasteiger partial charge on any atom is -0.383 e. The van der Waals surface area contributed by atoms with Crippen molar-refractivity contribution in [2.45, 2.75) is 19.4 Å². The zero-order chi connectivity index (χ0) is 12.0. The summed E-state index contributed by atoms with van der Waals surface area (Å²) in [6.07, 6.45) is 0.841. The lowest BCUT2D eigenvalue weighted by Gasteiger charge is -2.17. The summed E-state index contributed by atoms with van der Waals surface area (Å²) in [5, 5.41) is 11.6. The van der Waals surface area contributed by atoms with Crippen molar-refractivity contribution in [2.75, 3.05) is 19.0 Å². The first-order valence-corrected chi connectivity index (χ1v) is 5.16. The van der Waals surface area contributed by atoms with Crippen molar-refractivity contribution in [3.8, 4) is 6.07 Å². The molecule has 1 unspecified atom stereocenters. The molecule has 1 aromatic carbocycles. The Hall–Kier alpha value is -1.60. The third-order valence-electron chi connectivity index (χ3n) is 2.32. The van der Waals surface area contributed by atoms with Gasteiger partial charge in [-0.1, -0.05) is 6.92 Å². The Morgan fingerprint density at radius 3 is 2.81 bits per heavy atom. The minimum absolute atomic E-state index is 0.0763. The fourth-order valence-corrected chi connectivity index (χ4v) is 1.38. The molecule has 0 saturated heterocycles. The molecule has 0 radical (unpaired) electrons. The van der Waals surface area contributed by atoms with Crippen molar-refractivity contribution in [2.24, 2.45) is 0 Å². The van der Waals surface area contributed by atoms with E-state index in [1.54, 1.807) is 19.2 Å². The topological polar surface area (TPSA) is 45.0 Å². The van der Waals surface area contributed by atoms with Crippen LogP contribution >= 0.6 is 0 Å². The average molecular weight is 222 g/mol. The third-order valence-corrected chi connectivity index (χ3v) is 2.32. The van der Waals surface area contributed by atoms with E-state index < -0.39 is 5.82 Å². The number of hydrogen-bond donors (Lipinski definition) is 1. The molecule has 0 aromatic heterocycles. The van der Waals surface area contributed by atoms with Crippen molar-refractivity contribution in [1.29, 1.82) is 5.26 Å². The molecule has 1 N–H and O–H groups in total. The van der Waals surface area contributed by atoms with Crippen LogP contribution in [0.2, 0.25) is 0 Å². The number of ether oxygens (including phenoxy) is 1. The molecular weight excluding hydrogens is 207 g/mol. The van der Waals surface area contributed by atoms with Crippen LogP contribution in [0.5, 0.6) is 0 Å². The normalized spacial score (nSPS) is 11.9. The summed E-state index contributed by atoms with van der Waals surface area (Å²) < 4.78 is 18.5. The lowest BCUT2D eigenvalue weighted by Crippen LogP contribution is -2.24. The first-order valence-electron chi connectivity index (χ1n) is 5.16. The van der Waals surface area contributed by atoms with Crippen molar-refractivity contribution in [3.63, 3.8) is 0 Å². The Bertz CT molecular complexity index is 387. The van der Waals surface area contributed by atoms with E-state index in [-0.39, 0.29) is 6.04 Å². The average Bonchev–Trinajstić information content (AvgIpc) is 2.30. The summed E-state index contributed by atoms with van der Waals surface area (Å²) in [7, 11) is 1.61. The van der Waals surface area contributed by atoms with E-state index in [9.17, 15) is 4.39 Å². The molecule has 0 spiro atoms. The molecule has 4 heteroatoms. The second kappa shape index (κ2) is 6.09. The van der Waals surface area contributed by atoms with Crippen molar-refractivity contribution in [1.82, 2.24) is 0 Å². The van der Waals surface area contributed by atoms with Crippen LogP contribution in [0.3, 0.4) is 0 Å². The maximum Gasteiger partial charge on any atom is 0.147 e. The second-order valence-corrected chi connectivity index (χ2v) is 3.51. The Balaban J connectivity index is 2.77. The molecule has 0 amide bonds. The van der Waals surface area contributed by atoms with Gasteiger partial charge in [0.25, 0.3) is 0 Å². The molecule has 0 aliphatic rings. The lowest BCUT2D eigenvalue weighted by atomic mass is 10.2. The number of hydrogen-bond acceptors (Lipinski definition) is 3. The van der Waals surface area contributed by atoms with Gasteiger partial charge >= 0.3 is 0 Å². The number of anilines is 1. The van der Waals surface area contributed by atoms with Gasteiger partial charge in [0.1, 0.15) is 5.82 Å². The molecule has 0 saturated carbocycles. The van der Waals surface area contributed by atoms with Gasteiger partial charge in [0, 0.05) is 13.2 Å². The maximum atomic E-state index is 13.5. The number of methoxy groups -OCH3 is 1. The molecule has 0 aliphatic carbocycles. The van der Waals surface area contributed by atoms with Crippen molar-refractivity contribution < 1.29 is 9.13 Å². The summed E-state index contributed by atoms with van der Waals surface area (Å²) in [6, 6.07) is 6.36. The van der Waals surface area contributed by atoms with Crippen LogP contribution in [0.25, 0.3) is 0 Å². The fourth-order valence-electron chi connectivity index (χ4n) is 1.38. The highest BCUT2D eigenvalue weighted by Gasteiger charge is 2.09. The second-order valence-electron chi connectivity index (χ2n) is 3.51. The molecule has 0 fully saturated rings. The molecule has 0 bridgehead atoms. The smallest absolute Gasteiger partial charge is 0.147 e. The van der Waals surface area contributed by atoms with Crippen molar-refractivity contribution in [3.05, 3.63) is 29.6 Å². The van der Waals surface area contributed by atoms with Crippen LogP contribution in [0, 0.1) is 17.1 Å². The van der Waals surface area contributed by atoms with Gasteiger partial charge in [-0.2, -0.15) is 5.26 Å². The molecule has 16 heavy (non-hydrogen) atoms. The Kier molecular flexibility index (Phi) is 4.74. The van der Waals surface area contributed by atoms with Gasteiger partial charge in [0.15, 0.2) is 0 Å². The van der Waals surface area contributed by atoms with E-state index in [1.807, 2.05) is 13.0 Å². The molecule has 3 nitrogen and oxygen atoms in total. The van der Waals surface area contributed by atoms with Gasteiger partial charge < -0.3 is 10.1 Å². The largest absolute Gasteiger partial charge is 0.383 e. The lowest BCUT2D eigenvalue weighted by molar-refractivity contribution is 0.184. The Morgan fingerprint density at radius 1 is 1.56 bits per heavy atom. The van der Waals surface area contributed by atoms with Crippen LogP contribution in [-0.4, -0.2) is 19.8 Å². The van der Waals surface area contributed by atoms with Gasteiger partial charge in [0.05, 0.1) is 23.9 Å². The van der Waals surface area contributed by atoms with E-state index in [0.717, 1.165) is 6.42 Å². The van der Waals surface area contributed by atoms with E-state index >= 15 is 0 Å². The summed E-state index contributed by atoms with van der Waals surface area (Å²) in [6.45, 7) is 2.52. The highest BCUT2D eigenvalue weighted by atomic mass is 19.1. The molecular formula is C12H15FN2O. The molecule has 86 valence electrons. The molecule has 1 aromatic rings. The predicted octanol–water partition coefficient (Wildman–Crippen LogP) is 2.53. The first kappa shape index (κ1) is 12.5. The molecule has 0 aliphatic heterocycles. The van der Waals surface area contributed by atoms with Gasteiger partial charge in [-0.25, -0.2) is 4.39 Å². The van der Waals surface area contributed by atoms with E-state index in [0.29, 0.717) is 17.9 Å². The van der Waals surface area contributed by atoms with Crippen LogP contribution < -0.4 is 5.32 Å². The molecule has 0 heterocycles. The van der Waals surface area contributed by atoms with Crippen LogP contribution in [0.15, 0.2) is 18.2 Å². The Labute approximate surface area is 94.8 Å². The molecule has 1 rings (SSSR count). The number of nitrogens with one attached hydrogen (secondary N) is 1. The highest BCUT2D eigenvalue weighted by molar-refractivity contribution is 5.49. The van der Waals surface area contributed by atoms with Crippen molar-refractivity contribution >= 4 is 5.69 Å². The maximum absolute atomic E-state index is 13.5. The standard InChI is InChI=1S/C12H15FN2O/c1-3-10(8-16-2)15-12-5-4-9(7-14)6-11(12)13/h4-6,10,15H,3,8H2,1-2H3. The van der Waals surface area contributed by atoms with E-state index in [4.69, 9.17) is 10.00 Å². The zero-order valence-corrected chi connectivity index (χ0v) is 9.46. The number of benzene rings is 1. The van der Waals surface area contributed by atoms with Gasteiger partial charge in [0.2, 0.25) is 0 Å². The quantitative estimate of drug-likeness (QED) is 0.832. The summed E-state index contributed by atoms with van der Waals surface area (Å²) in [5.41, 5.74) is 0.728. The zero-order valence-electron chi connectivity index (χ0n) is 9.46. The number of nitrogens with zero attached hydrogens (tertiary/aromatic N) is 1. The van der Waals surface area contributed by atoms with Crippen LogP contribution in [0.4, 0.5) is 10.1 Å². The van der Waals surface area contributed by atoms with Crippen LogP contribution in [0.1, 0.15) is 18.9 Å². The van der Waals surface area contributed by atoms with Gasteiger partial charge in [-0.05, 0) is 24.6 Å². The van der Waals surface area contributed by atoms with Crippen LogP contribution in [-0.2, 0) is 4.74 Å². The first-order chi connectivity index (χ1) is 7.71. The predicted molar refractivity (Wildman–Crippen MR) is 60.7 cm³/mol. The van der Waals surface area contributed by atoms with E-state index in [2.05, 4.69) is 5.32 Å². The number of rotatable bonds is 5. The van der Waals surface area contributed by atoms with Gasteiger partial charge in [-0.3, -0.25) is 0 Å². The highest BCUT2D eigenvalue weighted by Crippen LogP contribution is 2.17. The summed E-state index contributed by atoms with van der Waals surface area (Å²) in [5.74, 6) is -0.409. The van der Waals surface area contributed by atoms with E-state index in [1.165, 1.54) is 6.07 Å². The SMILES string of the molecule is CCC(COC)Nc1ccc(C#N)cc1F. The minimum atomic E-state index is -0.409. The summed E-state index contributed by atoms with van der Waals surface area (Å²) >= 11 is 0. The number of halogens is 1. The molecule has 1 atom stereocenters. The third kappa shape index (κ3) is 3.21. The summed E-state index contributed by atoms with van der Waals surface area (Å²) in [4.78, 5) is 0. The number of nitriles is 1.